The van der Waals surface area contributed by atoms with Gasteiger partial charge >= 0.3 is 0 Å². The van der Waals surface area contributed by atoms with Gasteiger partial charge in [0.05, 0.1) is 5.52 Å². The number of allylic oxidation sites excluding steroid dienone is 1. The van der Waals surface area contributed by atoms with Crippen molar-refractivity contribution in [3.05, 3.63) is 78.1 Å². The van der Waals surface area contributed by atoms with Gasteiger partial charge in [-0.15, -0.1) is 0 Å². The summed E-state index contributed by atoms with van der Waals surface area (Å²) in [5.41, 5.74) is 6.72. The van der Waals surface area contributed by atoms with E-state index in [1.807, 2.05) is 53.6 Å². The molecule has 1 aliphatic heterocycles. The Morgan fingerprint density at radius 3 is 2.29 bits per heavy atom. The Bertz CT molecular complexity index is 1150. The molecule has 1 amide bonds. The molecule has 0 radical (unpaired) electrons. The lowest BCUT2D eigenvalue weighted by atomic mass is 9.98. The van der Waals surface area contributed by atoms with E-state index in [0.29, 0.717) is 5.41 Å². The zero-order valence-electron chi connectivity index (χ0n) is 18.4. The average Bonchev–Trinajstić information content (AvgIpc) is 3.57. The molecule has 2 fully saturated rings. The summed E-state index contributed by atoms with van der Waals surface area (Å²) in [6, 6.07) is 16.2. The Balaban J connectivity index is 1.29. The zero-order valence-corrected chi connectivity index (χ0v) is 18.4. The first-order valence-corrected chi connectivity index (χ1v) is 11.1. The van der Waals surface area contributed by atoms with E-state index < -0.39 is 0 Å². The van der Waals surface area contributed by atoms with Gasteiger partial charge < -0.3 is 9.80 Å². The maximum atomic E-state index is 13.0. The molecule has 3 aromatic rings. The second-order valence-corrected chi connectivity index (χ2v) is 9.18. The second-order valence-electron chi connectivity index (χ2n) is 9.18. The molecule has 0 unspecified atom stereocenters. The van der Waals surface area contributed by atoms with Crippen molar-refractivity contribution in [2.24, 2.45) is 5.41 Å². The van der Waals surface area contributed by atoms with Gasteiger partial charge in [-0.2, -0.15) is 0 Å². The van der Waals surface area contributed by atoms with E-state index in [9.17, 15) is 4.79 Å². The Labute approximate surface area is 184 Å². The molecule has 0 spiro atoms. The number of hydrogen-bond donors (Lipinski definition) is 0. The number of carbonyl (C=O) groups is 1. The molecule has 2 aromatic carbocycles. The van der Waals surface area contributed by atoms with Crippen molar-refractivity contribution in [1.29, 1.82) is 0 Å². The molecule has 2 aliphatic rings. The van der Waals surface area contributed by atoms with E-state index in [4.69, 9.17) is 0 Å². The Kier molecular flexibility index (Phi) is 4.81. The van der Waals surface area contributed by atoms with Crippen LogP contribution in [0.4, 0.5) is 0 Å². The van der Waals surface area contributed by atoms with Crippen LogP contribution in [-0.2, 0) is 0 Å². The minimum atomic E-state index is 0.114. The van der Waals surface area contributed by atoms with E-state index in [0.717, 1.165) is 48.4 Å². The highest BCUT2D eigenvalue weighted by molar-refractivity contribution is 5.95. The average molecular weight is 412 g/mol. The predicted octanol–water partition coefficient (Wildman–Crippen LogP) is 5.28. The molecule has 5 rings (SSSR count). The van der Waals surface area contributed by atoms with Crippen molar-refractivity contribution in [3.63, 3.8) is 0 Å². The van der Waals surface area contributed by atoms with Crippen molar-refractivity contribution < 1.29 is 4.79 Å². The van der Waals surface area contributed by atoms with E-state index in [1.54, 1.807) is 0 Å². The summed E-state index contributed by atoms with van der Waals surface area (Å²) < 4.78 is 0. The molecule has 0 N–H and O–H groups in total. The quantitative estimate of drug-likeness (QED) is 0.586. The first-order valence-electron chi connectivity index (χ1n) is 11.1. The molecule has 1 saturated carbocycles. The van der Waals surface area contributed by atoms with Gasteiger partial charge in [-0.3, -0.25) is 9.78 Å². The minimum absolute atomic E-state index is 0.114. The van der Waals surface area contributed by atoms with Crippen LogP contribution in [0.2, 0.25) is 0 Å². The lowest BCUT2D eigenvalue weighted by Gasteiger charge is -2.39. The molecule has 1 aliphatic carbocycles. The number of aryl methyl sites for hydroxylation is 1. The molecule has 1 saturated heterocycles. The molecule has 4 heteroatoms. The molecule has 0 bridgehead atoms. The predicted molar refractivity (Wildman–Crippen MR) is 126 cm³/mol. The summed E-state index contributed by atoms with van der Waals surface area (Å²) in [6.07, 6.45) is 4.41. The highest BCUT2D eigenvalue weighted by Crippen LogP contribution is 2.51. The van der Waals surface area contributed by atoms with Crippen molar-refractivity contribution >= 4 is 16.8 Å². The van der Waals surface area contributed by atoms with E-state index in [2.05, 4.69) is 36.4 Å². The van der Waals surface area contributed by atoms with Crippen LogP contribution in [0.5, 0.6) is 0 Å². The number of rotatable bonds is 4. The fourth-order valence-corrected chi connectivity index (χ4v) is 4.58. The van der Waals surface area contributed by atoms with Gasteiger partial charge in [-0.05, 0) is 49.1 Å². The normalized spacial score (nSPS) is 17.6. The Morgan fingerprint density at radius 2 is 1.61 bits per heavy atom. The van der Waals surface area contributed by atoms with E-state index in [-0.39, 0.29) is 5.91 Å². The van der Waals surface area contributed by atoms with Crippen molar-refractivity contribution in [2.75, 3.05) is 26.2 Å². The summed E-state index contributed by atoms with van der Waals surface area (Å²) in [5.74, 6) is 0.114. The number of piperazine rings is 1. The highest BCUT2D eigenvalue weighted by Gasteiger charge is 2.42. The fraction of sp³-hybridized carbons (Fsp3) is 0.333. The van der Waals surface area contributed by atoms with Crippen LogP contribution in [0, 0.1) is 12.3 Å². The zero-order chi connectivity index (χ0) is 21.6. The van der Waals surface area contributed by atoms with Crippen LogP contribution in [0.3, 0.4) is 0 Å². The first-order chi connectivity index (χ1) is 15.0. The summed E-state index contributed by atoms with van der Waals surface area (Å²) in [5, 5.41) is 1.17. The van der Waals surface area contributed by atoms with E-state index >= 15 is 0 Å². The second kappa shape index (κ2) is 7.52. The summed E-state index contributed by atoms with van der Waals surface area (Å²) in [7, 11) is 0. The summed E-state index contributed by atoms with van der Waals surface area (Å²) in [4.78, 5) is 22.0. The largest absolute Gasteiger partial charge is 0.371 e. The van der Waals surface area contributed by atoms with Crippen molar-refractivity contribution in [1.82, 2.24) is 14.8 Å². The number of aromatic nitrogens is 1. The topological polar surface area (TPSA) is 36.4 Å². The number of nitrogens with zero attached hydrogens (tertiary/aromatic N) is 3. The summed E-state index contributed by atoms with van der Waals surface area (Å²) >= 11 is 0. The molecule has 2 heterocycles. The molecule has 4 nitrogen and oxygen atoms in total. The standard InChI is InChI=1S/C27H29N3O/c1-19-23-6-4-5-7-25(23)28-18-24(19)21-8-10-22(11-9-21)26(31)30-16-14-29(15-17-30)20(2)27(3)12-13-27/h4-11,18H,2,12-17H2,1,3H3. The van der Waals surface area contributed by atoms with Crippen molar-refractivity contribution in [2.45, 2.75) is 26.7 Å². The Morgan fingerprint density at radius 1 is 0.968 bits per heavy atom. The van der Waals surface area contributed by atoms with Crippen molar-refractivity contribution in [3.8, 4) is 11.1 Å². The van der Waals surface area contributed by atoms with Crippen LogP contribution < -0.4 is 0 Å². The SMILES string of the molecule is C=C(N1CCN(C(=O)c2ccc(-c3cnc4ccccc4c3C)cc2)CC1)C1(C)CC1. The van der Waals surface area contributed by atoms with Gasteiger partial charge in [0.15, 0.2) is 0 Å². The number of pyridine rings is 1. The number of benzene rings is 2. The minimum Gasteiger partial charge on any atom is -0.371 e. The van der Waals surface area contributed by atoms with Crippen LogP contribution in [0.25, 0.3) is 22.0 Å². The number of amides is 1. The van der Waals surface area contributed by atoms with Crippen LogP contribution in [0.1, 0.15) is 35.7 Å². The summed E-state index contributed by atoms with van der Waals surface area (Å²) in [6.45, 7) is 12.0. The number of carbonyl (C=O) groups excluding carboxylic acids is 1. The van der Waals surface area contributed by atoms with Crippen LogP contribution >= 0.6 is 0 Å². The van der Waals surface area contributed by atoms with Crippen LogP contribution in [0.15, 0.2) is 67.0 Å². The monoisotopic (exact) mass is 411 g/mol. The highest BCUT2D eigenvalue weighted by atomic mass is 16.2. The van der Waals surface area contributed by atoms with Gasteiger partial charge in [0.25, 0.3) is 5.91 Å². The van der Waals surface area contributed by atoms with Crippen LogP contribution in [-0.4, -0.2) is 46.9 Å². The fourth-order valence-electron chi connectivity index (χ4n) is 4.58. The Hall–Kier alpha value is -3.14. The lowest BCUT2D eigenvalue weighted by Crippen LogP contribution is -2.48. The first kappa shape index (κ1) is 19.8. The third-order valence-electron chi connectivity index (χ3n) is 7.13. The molecular formula is C27H29N3O. The molecule has 1 aromatic heterocycles. The molecule has 158 valence electrons. The molecule has 0 atom stereocenters. The molecular weight excluding hydrogens is 382 g/mol. The van der Waals surface area contributed by atoms with Gasteiger partial charge in [-0.25, -0.2) is 0 Å². The molecule has 31 heavy (non-hydrogen) atoms. The maximum absolute atomic E-state index is 13.0. The van der Waals surface area contributed by atoms with Gasteiger partial charge in [0.1, 0.15) is 0 Å². The number of hydrogen-bond acceptors (Lipinski definition) is 3. The number of para-hydroxylation sites is 1. The van der Waals surface area contributed by atoms with Gasteiger partial charge in [-0.1, -0.05) is 43.8 Å². The third-order valence-corrected chi connectivity index (χ3v) is 7.13. The lowest BCUT2D eigenvalue weighted by molar-refractivity contribution is 0.0659. The van der Waals surface area contributed by atoms with Gasteiger partial charge in [0, 0.05) is 60.0 Å². The third kappa shape index (κ3) is 3.60. The maximum Gasteiger partial charge on any atom is 0.253 e. The van der Waals surface area contributed by atoms with E-state index in [1.165, 1.54) is 29.5 Å². The smallest absolute Gasteiger partial charge is 0.253 e. The number of fused-ring (bicyclic) bond motifs is 1. The van der Waals surface area contributed by atoms with Gasteiger partial charge in [0.2, 0.25) is 0 Å².